The summed E-state index contributed by atoms with van der Waals surface area (Å²) in [4.78, 5) is 0. The lowest BCUT2D eigenvalue weighted by Gasteiger charge is -2.37. The van der Waals surface area contributed by atoms with Gasteiger partial charge in [0, 0.05) is 0 Å². The molecule has 1 atom stereocenters. The second-order valence-corrected chi connectivity index (χ2v) is 5.84. The Bertz CT molecular complexity index is 381. The molecule has 0 aliphatic heterocycles. The van der Waals surface area contributed by atoms with Crippen molar-refractivity contribution in [3.63, 3.8) is 0 Å². The summed E-state index contributed by atoms with van der Waals surface area (Å²) in [6.45, 7) is 1.47. The molecule has 0 spiro atoms. The Hall–Kier alpha value is -0.960. The molecular formula is C15H21F2N. The third-order valence-corrected chi connectivity index (χ3v) is 4.16. The number of rotatable bonds is 4. The first-order valence-corrected chi connectivity index (χ1v) is 6.59. The SMILES string of the molecule is CC(N)(CC1(c2ccccc2)CCCC1)C(F)F. The normalized spacial score (nSPS) is 22.1. The fourth-order valence-corrected chi connectivity index (χ4v) is 3.22. The van der Waals surface area contributed by atoms with Gasteiger partial charge in [-0.25, -0.2) is 8.78 Å². The zero-order valence-electron chi connectivity index (χ0n) is 10.8. The van der Waals surface area contributed by atoms with Gasteiger partial charge in [-0.15, -0.1) is 0 Å². The Morgan fingerprint density at radius 2 is 1.78 bits per heavy atom. The summed E-state index contributed by atoms with van der Waals surface area (Å²) >= 11 is 0. The van der Waals surface area contributed by atoms with Crippen LogP contribution in [0.4, 0.5) is 8.78 Å². The van der Waals surface area contributed by atoms with Gasteiger partial charge in [0.15, 0.2) is 0 Å². The van der Waals surface area contributed by atoms with E-state index in [9.17, 15) is 8.78 Å². The summed E-state index contributed by atoms with van der Waals surface area (Å²) in [5.74, 6) is 0. The van der Waals surface area contributed by atoms with E-state index in [2.05, 4.69) is 0 Å². The summed E-state index contributed by atoms with van der Waals surface area (Å²) in [5.41, 5.74) is 5.42. The number of alkyl halides is 2. The molecule has 100 valence electrons. The van der Waals surface area contributed by atoms with E-state index in [-0.39, 0.29) is 5.41 Å². The van der Waals surface area contributed by atoms with Crippen molar-refractivity contribution >= 4 is 0 Å². The first kappa shape index (κ1) is 13.5. The maximum absolute atomic E-state index is 13.0. The Balaban J connectivity index is 2.29. The second kappa shape index (κ2) is 4.96. The molecule has 1 aromatic carbocycles. The fourth-order valence-electron chi connectivity index (χ4n) is 3.22. The van der Waals surface area contributed by atoms with Crippen molar-refractivity contribution in [3.8, 4) is 0 Å². The quantitative estimate of drug-likeness (QED) is 0.866. The monoisotopic (exact) mass is 253 g/mol. The molecular weight excluding hydrogens is 232 g/mol. The fraction of sp³-hybridized carbons (Fsp3) is 0.600. The summed E-state index contributed by atoms with van der Waals surface area (Å²) < 4.78 is 26.1. The molecule has 0 aromatic heterocycles. The molecule has 0 radical (unpaired) electrons. The van der Waals surface area contributed by atoms with Crippen LogP contribution < -0.4 is 5.73 Å². The third kappa shape index (κ3) is 2.56. The molecule has 2 N–H and O–H groups in total. The van der Waals surface area contributed by atoms with E-state index in [4.69, 9.17) is 5.73 Å². The van der Waals surface area contributed by atoms with Gasteiger partial charge in [-0.2, -0.15) is 0 Å². The van der Waals surface area contributed by atoms with Crippen LogP contribution in [0, 0.1) is 0 Å². The summed E-state index contributed by atoms with van der Waals surface area (Å²) in [6.07, 6.45) is 2.04. The van der Waals surface area contributed by atoms with E-state index in [1.807, 2.05) is 30.3 Å². The van der Waals surface area contributed by atoms with Crippen molar-refractivity contribution in [2.24, 2.45) is 5.73 Å². The van der Waals surface area contributed by atoms with Crippen LogP contribution in [0.2, 0.25) is 0 Å². The van der Waals surface area contributed by atoms with Crippen LogP contribution in [0.25, 0.3) is 0 Å². The summed E-state index contributed by atoms with van der Waals surface area (Å²) in [7, 11) is 0. The molecule has 2 rings (SSSR count). The Morgan fingerprint density at radius 1 is 1.22 bits per heavy atom. The molecule has 1 fully saturated rings. The Labute approximate surface area is 107 Å². The molecule has 1 aliphatic rings. The average molecular weight is 253 g/mol. The van der Waals surface area contributed by atoms with E-state index < -0.39 is 12.0 Å². The van der Waals surface area contributed by atoms with Crippen LogP contribution >= 0.6 is 0 Å². The molecule has 0 amide bonds. The topological polar surface area (TPSA) is 26.0 Å². The van der Waals surface area contributed by atoms with Gasteiger partial charge in [-0.05, 0) is 37.2 Å². The lowest BCUT2D eigenvalue weighted by molar-refractivity contribution is 0.0442. The molecule has 0 bridgehead atoms. The molecule has 0 saturated heterocycles. The van der Waals surface area contributed by atoms with Gasteiger partial charge >= 0.3 is 0 Å². The van der Waals surface area contributed by atoms with Crippen molar-refractivity contribution in [2.45, 2.75) is 56.4 Å². The van der Waals surface area contributed by atoms with Crippen molar-refractivity contribution in [3.05, 3.63) is 35.9 Å². The maximum atomic E-state index is 13.0. The molecule has 1 saturated carbocycles. The molecule has 1 nitrogen and oxygen atoms in total. The number of benzene rings is 1. The van der Waals surface area contributed by atoms with E-state index >= 15 is 0 Å². The largest absolute Gasteiger partial charge is 0.321 e. The highest BCUT2D eigenvalue weighted by atomic mass is 19.3. The summed E-state index contributed by atoms with van der Waals surface area (Å²) in [5, 5.41) is 0. The van der Waals surface area contributed by atoms with E-state index in [1.54, 1.807) is 0 Å². The highest BCUT2D eigenvalue weighted by molar-refractivity contribution is 5.27. The minimum absolute atomic E-state index is 0.152. The first-order valence-electron chi connectivity index (χ1n) is 6.59. The summed E-state index contributed by atoms with van der Waals surface area (Å²) in [6, 6.07) is 10.0. The smallest absolute Gasteiger partial charge is 0.256 e. The number of hydrogen-bond acceptors (Lipinski definition) is 1. The zero-order chi connectivity index (χ0) is 13.2. The molecule has 3 heteroatoms. The molecule has 1 aliphatic carbocycles. The highest BCUT2D eigenvalue weighted by Gasteiger charge is 2.43. The van der Waals surface area contributed by atoms with Gasteiger partial charge in [0.2, 0.25) is 0 Å². The molecule has 1 unspecified atom stereocenters. The standard InChI is InChI=1S/C15H21F2N/c1-14(18,13(16)17)11-15(9-5-6-10-15)12-7-3-2-4-8-12/h2-4,7-8,13H,5-6,9-11,18H2,1H3. The minimum atomic E-state index is -2.47. The van der Waals surface area contributed by atoms with Crippen LogP contribution in [0.15, 0.2) is 30.3 Å². The lowest BCUT2D eigenvalue weighted by Crippen LogP contribution is -2.49. The van der Waals surface area contributed by atoms with Crippen molar-refractivity contribution in [1.29, 1.82) is 0 Å². The number of hydrogen-bond donors (Lipinski definition) is 1. The van der Waals surface area contributed by atoms with Crippen LogP contribution in [0.3, 0.4) is 0 Å². The molecule has 1 aromatic rings. The van der Waals surface area contributed by atoms with Crippen LogP contribution in [0.5, 0.6) is 0 Å². The van der Waals surface area contributed by atoms with Gasteiger partial charge in [0.25, 0.3) is 6.43 Å². The predicted molar refractivity (Wildman–Crippen MR) is 69.8 cm³/mol. The van der Waals surface area contributed by atoms with Crippen molar-refractivity contribution in [1.82, 2.24) is 0 Å². The number of halogens is 2. The predicted octanol–water partition coefficient (Wildman–Crippen LogP) is 3.87. The second-order valence-electron chi connectivity index (χ2n) is 5.84. The van der Waals surface area contributed by atoms with Crippen LogP contribution in [0.1, 0.15) is 44.6 Å². The van der Waals surface area contributed by atoms with Gasteiger partial charge in [-0.1, -0.05) is 43.2 Å². The zero-order valence-corrected chi connectivity index (χ0v) is 10.8. The van der Waals surface area contributed by atoms with Gasteiger partial charge in [0.1, 0.15) is 0 Å². The van der Waals surface area contributed by atoms with E-state index in [0.29, 0.717) is 6.42 Å². The molecule has 0 heterocycles. The van der Waals surface area contributed by atoms with Crippen LogP contribution in [-0.2, 0) is 5.41 Å². The van der Waals surface area contributed by atoms with Gasteiger partial charge in [0.05, 0.1) is 5.54 Å². The van der Waals surface area contributed by atoms with Gasteiger partial charge < -0.3 is 5.73 Å². The van der Waals surface area contributed by atoms with Crippen LogP contribution in [-0.4, -0.2) is 12.0 Å². The maximum Gasteiger partial charge on any atom is 0.256 e. The third-order valence-electron chi connectivity index (χ3n) is 4.16. The highest BCUT2D eigenvalue weighted by Crippen LogP contribution is 2.46. The Morgan fingerprint density at radius 3 is 2.28 bits per heavy atom. The van der Waals surface area contributed by atoms with E-state index in [0.717, 1.165) is 25.7 Å². The van der Waals surface area contributed by atoms with Crippen molar-refractivity contribution in [2.75, 3.05) is 0 Å². The lowest BCUT2D eigenvalue weighted by atomic mass is 9.70. The minimum Gasteiger partial charge on any atom is -0.321 e. The number of nitrogens with two attached hydrogens (primary N) is 1. The van der Waals surface area contributed by atoms with Gasteiger partial charge in [-0.3, -0.25) is 0 Å². The average Bonchev–Trinajstić information content (AvgIpc) is 2.79. The first-order chi connectivity index (χ1) is 8.46. The molecule has 18 heavy (non-hydrogen) atoms. The van der Waals surface area contributed by atoms with Crippen molar-refractivity contribution < 1.29 is 8.78 Å². The van der Waals surface area contributed by atoms with E-state index in [1.165, 1.54) is 12.5 Å². The Kier molecular flexibility index (Phi) is 3.71.